The molecule has 19 heavy (non-hydrogen) atoms. The number of rotatable bonds is 3. The fraction of sp³-hybridized carbons (Fsp3) is 0.417. The SMILES string of the molecule is Cc1cc(C(=O)OCC(F)F)c2c(C)nn(C)c2n1. The molecule has 7 heteroatoms. The quantitative estimate of drug-likeness (QED) is 0.800. The van der Waals surface area contributed by atoms with Crippen molar-refractivity contribution in [1.29, 1.82) is 0 Å². The van der Waals surface area contributed by atoms with E-state index in [0.717, 1.165) is 0 Å². The van der Waals surface area contributed by atoms with Crippen molar-refractivity contribution >= 4 is 17.0 Å². The van der Waals surface area contributed by atoms with Gasteiger partial charge in [0.15, 0.2) is 12.3 Å². The maximum atomic E-state index is 12.1. The topological polar surface area (TPSA) is 57.0 Å². The van der Waals surface area contributed by atoms with Gasteiger partial charge in [0.05, 0.1) is 16.6 Å². The van der Waals surface area contributed by atoms with Gasteiger partial charge in [0.1, 0.15) is 0 Å². The van der Waals surface area contributed by atoms with E-state index in [9.17, 15) is 13.6 Å². The van der Waals surface area contributed by atoms with Crippen molar-refractivity contribution < 1.29 is 18.3 Å². The summed E-state index contributed by atoms with van der Waals surface area (Å²) in [4.78, 5) is 16.1. The summed E-state index contributed by atoms with van der Waals surface area (Å²) in [7, 11) is 1.70. The Bertz CT molecular complexity index is 637. The highest BCUT2D eigenvalue weighted by atomic mass is 19.3. The minimum absolute atomic E-state index is 0.216. The summed E-state index contributed by atoms with van der Waals surface area (Å²) in [6, 6.07) is 1.52. The number of carbonyl (C=O) groups is 1. The Labute approximate surface area is 108 Å². The molecule has 2 rings (SSSR count). The first-order valence-corrected chi connectivity index (χ1v) is 5.66. The highest BCUT2D eigenvalue weighted by Gasteiger charge is 2.19. The number of carbonyl (C=O) groups excluding carboxylic acids is 1. The molecular formula is C12H13F2N3O2. The van der Waals surface area contributed by atoms with Crippen LogP contribution in [0.15, 0.2) is 6.07 Å². The standard InChI is InChI=1S/C12H13F2N3O2/c1-6-4-8(12(18)19-5-9(13)14)10-7(2)16-17(3)11(10)15-6/h4,9H,5H2,1-3H3. The first-order chi connectivity index (χ1) is 8.90. The molecule has 0 N–H and O–H groups in total. The van der Waals surface area contributed by atoms with Crippen molar-refractivity contribution in [2.75, 3.05) is 6.61 Å². The van der Waals surface area contributed by atoms with Crippen molar-refractivity contribution in [3.63, 3.8) is 0 Å². The number of aromatic nitrogens is 3. The third kappa shape index (κ3) is 2.54. The number of pyridine rings is 1. The van der Waals surface area contributed by atoms with Gasteiger partial charge in [-0.3, -0.25) is 4.68 Å². The van der Waals surface area contributed by atoms with Crippen molar-refractivity contribution in [1.82, 2.24) is 14.8 Å². The van der Waals surface area contributed by atoms with Crippen LogP contribution in [-0.4, -0.2) is 33.8 Å². The fourth-order valence-corrected chi connectivity index (χ4v) is 1.95. The summed E-state index contributed by atoms with van der Waals surface area (Å²) >= 11 is 0. The van der Waals surface area contributed by atoms with Crippen molar-refractivity contribution in [2.24, 2.45) is 7.05 Å². The molecule has 5 nitrogen and oxygen atoms in total. The minimum atomic E-state index is -2.68. The molecule has 102 valence electrons. The van der Waals surface area contributed by atoms with Crippen molar-refractivity contribution in [3.8, 4) is 0 Å². The van der Waals surface area contributed by atoms with E-state index in [2.05, 4.69) is 14.8 Å². The lowest BCUT2D eigenvalue weighted by molar-refractivity contribution is 0.0161. The molecular weight excluding hydrogens is 256 g/mol. The molecule has 0 spiro atoms. The van der Waals surface area contributed by atoms with Crippen LogP contribution in [0.2, 0.25) is 0 Å². The Kier molecular flexibility index (Phi) is 3.46. The third-order valence-corrected chi connectivity index (χ3v) is 2.66. The van der Waals surface area contributed by atoms with E-state index < -0.39 is 19.0 Å². The zero-order chi connectivity index (χ0) is 14.2. The van der Waals surface area contributed by atoms with Crippen LogP contribution in [0.25, 0.3) is 11.0 Å². The number of hydrogen-bond acceptors (Lipinski definition) is 4. The maximum Gasteiger partial charge on any atom is 0.339 e. The van der Waals surface area contributed by atoms with Crippen LogP contribution in [0.5, 0.6) is 0 Å². The first-order valence-electron chi connectivity index (χ1n) is 5.66. The van der Waals surface area contributed by atoms with Gasteiger partial charge in [0.25, 0.3) is 6.43 Å². The molecule has 0 amide bonds. The van der Waals surface area contributed by atoms with Crippen LogP contribution in [-0.2, 0) is 11.8 Å². The Hall–Kier alpha value is -2.05. The average molecular weight is 269 g/mol. The van der Waals surface area contributed by atoms with Crippen LogP contribution in [0.4, 0.5) is 8.78 Å². The third-order valence-electron chi connectivity index (χ3n) is 2.66. The summed E-state index contributed by atoms with van der Waals surface area (Å²) in [5, 5.41) is 4.70. The molecule has 2 heterocycles. The van der Waals surface area contributed by atoms with E-state index in [4.69, 9.17) is 0 Å². The molecule has 2 aromatic heterocycles. The molecule has 2 aromatic rings. The number of aryl methyl sites for hydroxylation is 3. The van der Waals surface area contributed by atoms with E-state index in [1.807, 2.05) is 0 Å². The number of halogens is 2. The molecule has 0 aliphatic carbocycles. The second-order valence-electron chi connectivity index (χ2n) is 4.21. The minimum Gasteiger partial charge on any atom is -0.456 e. The van der Waals surface area contributed by atoms with Crippen LogP contribution in [0.1, 0.15) is 21.7 Å². The smallest absolute Gasteiger partial charge is 0.339 e. The molecule has 0 saturated carbocycles. The predicted molar refractivity (Wildman–Crippen MR) is 64.3 cm³/mol. The monoisotopic (exact) mass is 269 g/mol. The average Bonchev–Trinajstić information content (AvgIpc) is 2.61. The number of alkyl halides is 2. The van der Waals surface area contributed by atoms with Crippen molar-refractivity contribution in [2.45, 2.75) is 20.3 Å². The molecule has 0 saturated heterocycles. The lowest BCUT2D eigenvalue weighted by atomic mass is 10.1. The second-order valence-corrected chi connectivity index (χ2v) is 4.21. The Morgan fingerprint density at radius 3 is 2.79 bits per heavy atom. The van der Waals surface area contributed by atoms with Crippen LogP contribution in [0.3, 0.4) is 0 Å². The van der Waals surface area contributed by atoms with Crippen LogP contribution >= 0.6 is 0 Å². The van der Waals surface area contributed by atoms with Gasteiger partial charge in [-0.15, -0.1) is 0 Å². The second kappa shape index (κ2) is 4.91. The number of fused-ring (bicyclic) bond motifs is 1. The molecule has 0 atom stereocenters. The van der Waals surface area contributed by atoms with E-state index in [-0.39, 0.29) is 5.56 Å². The lowest BCUT2D eigenvalue weighted by Crippen LogP contribution is -2.12. The van der Waals surface area contributed by atoms with Gasteiger partial charge >= 0.3 is 5.97 Å². The molecule has 0 aliphatic heterocycles. The number of nitrogens with zero attached hydrogens (tertiary/aromatic N) is 3. The lowest BCUT2D eigenvalue weighted by Gasteiger charge is -2.06. The van der Waals surface area contributed by atoms with Crippen LogP contribution in [0, 0.1) is 13.8 Å². The first kappa shape index (κ1) is 13.4. The molecule has 0 unspecified atom stereocenters. The van der Waals surface area contributed by atoms with Crippen molar-refractivity contribution in [3.05, 3.63) is 23.0 Å². The molecule has 0 aromatic carbocycles. The summed E-state index contributed by atoms with van der Waals surface area (Å²) in [5.41, 5.74) is 1.95. The molecule has 0 radical (unpaired) electrons. The summed E-state index contributed by atoms with van der Waals surface area (Å²) in [6.07, 6.45) is -2.68. The Balaban J connectivity index is 2.50. The fourth-order valence-electron chi connectivity index (χ4n) is 1.95. The molecule has 0 fully saturated rings. The van der Waals surface area contributed by atoms with Gasteiger partial charge < -0.3 is 4.74 Å². The van der Waals surface area contributed by atoms with Gasteiger partial charge in [-0.2, -0.15) is 5.10 Å². The van der Waals surface area contributed by atoms with Gasteiger partial charge in [-0.1, -0.05) is 0 Å². The number of esters is 1. The van der Waals surface area contributed by atoms with Gasteiger partial charge in [0.2, 0.25) is 0 Å². The summed E-state index contributed by atoms with van der Waals surface area (Å²) in [6.45, 7) is 2.52. The maximum absolute atomic E-state index is 12.1. The number of hydrogen-bond donors (Lipinski definition) is 0. The van der Waals surface area contributed by atoms with E-state index >= 15 is 0 Å². The zero-order valence-electron chi connectivity index (χ0n) is 10.8. The zero-order valence-corrected chi connectivity index (χ0v) is 10.8. The normalized spacial score (nSPS) is 11.3. The predicted octanol–water partition coefficient (Wildman–Crippen LogP) is 2.01. The highest BCUT2D eigenvalue weighted by molar-refractivity contribution is 6.03. The highest BCUT2D eigenvalue weighted by Crippen LogP contribution is 2.22. The van der Waals surface area contributed by atoms with Gasteiger partial charge in [-0.25, -0.2) is 18.6 Å². The Morgan fingerprint density at radius 1 is 1.47 bits per heavy atom. The summed E-state index contributed by atoms with van der Waals surface area (Å²) in [5.74, 6) is -0.785. The Morgan fingerprint density at radius 2 is 2.16 bits per heavy atom. The van der Waals surface area contributed by atoms with Crippen LogP contribution < -0.4 is 0 Å². The molecule has 0 bridgehead atoms. The van der Waals surface area contributed by atoms with E-state index in [1.165, 1.54) is 6.07 Å². The van der Waals surface area contributed by atoms with E-state index in [0.29, 0.717) is 22.4 Å². The summed E-state index contributed by atoms with van der Waals surface area (Å²) < 4.78 is 30.3. The van der Waals surface area contributed by atoms with Gasteiger partial charge in [0, 0.05) is 12.7 Å². The number of ether oxygens (including phenoxy) is 1. The largest absolute Gasteiger partial charge is 0.456 e. The van der Waals surface area contributed by atoms with Gasteiger partial charge in [-0.05, 0) is 19.9 Å². The van der Waals surface area contributed by atoms with E-state index in [1.54, 1.807) is 25.6 Å². The molecule has 0 aliphatic rings.